The maximum absolute atomic E-state index is 5.91. The van der Waals surface area contributed by atoms with Gasteiger partial charge in [0, 0.05) is 9.92 Å². The second-order valence-corrected chi connectivity index (χ2v) is 5.07. The molecule has 2 heteroatoms. The van der Waals surface area contributed by atoms with Gasteiger partial charge in [-0.3, -0.25) is 0 Å². The molecule has 0 fully saturated rings. The lowest BCUT2D eigenvalue weighted by atomic mass is 10.0. The van der Waals surface area contributed by atoms with Crippen LogP contribution in [0, 0.1) is 0 Å². The van der Waals surface area contributed by atoms with E-state index in [-0.39, 0.29) is 0 Å². The molecule has 0 bridgehead atoms. The molecular formula is C16H11ClS. The van der Waals surface area contributed by atoms with E-state index >= 15 is 0 Å². The summed E-state index contributed by atoms with van der Waals surface area (Å²) in [5.41, 5.74) is 2.27. The van der Waals surface area contributed by atoms with Crippen molar-refractivity contribution in [3.05, 3.63) is 65.7 Å². The molecule has 0 aromatic heterocycles. The number of thiol groups is 1. The van der Waals surface area contributed by atoms with Gasteiger partial charge in [-0.15, -0.1) is 12.6 Å². The van der Waals surface area contributed by atoms with E-state index in [1.54, 1.807) is 0 Å². The first-order valence-corrected chi connectivity index (χ1v) is 6.55. The van der Waals surface area contributed by atoms with E-state index in [1.165, 1.54) is 10.8 Å². The minimum absolute atomic E-state index is 0.750. The van der Waals surface area contributed by atoms with E-state index in [4.69, 9.17) is 11.6 Å². The van der Waals surface area contributed by atoms with Crippen molar-refractivity contribution in [1.82, 2.24) is 0 Å². The zero-order valence-corrected chi connectivity index (χ0v) is 11.2. The van der Waals surface area contributed by atoms with Crippen LogP contribution in [0.3, 0.4) is 0 Å². The fourth-order valence-electron chi connectivity index (χ4n) is 2.12. The molecule has 0 heterocycles. The molecule has 0 nitrogen and oxygen atoms in total. The third kappa shape index (κ3) is 2.00. The van der Waals surface area contributed by atoms with Gasteiger partial charge in [0.2, 0.25) is 0 Å². The summed E-state index contributed by atoms with van der Waals surface area (Å²) in [6.45, 7) is 0. The standard InChI is InChI=1S/C16H11ClS/c17-13-8-5-12(6-9-13)15-10-7-11-3-1-2-4-14(11)16(15)18/h1-10,18H. The average molecular weight is 271 g/mol. The van der Waals surface area contributed by atoms with Gasteiger partial charge in [0.05, 0.1) is 0 Å². The SMILES string of the molecule is Sc1c(-c2ccc(Cl)cc2)ccc2ccccc12. The van der Waals surface area contributed by atoms with E-state index in [1.807, 2.05) is 36.4 Å². The summed E-state index contributed by atoms with van der Waals surface area (Å²) in [6.07, 6.45) is 0. The van der Waals surface area contributed by atoms with Gasteiger partial charge in [-0.05, 0) is 34.0 Å². The van der Waals surface area contributed by atoms with Gasteiger partial charge in [0.25, 0.3) is 0 Å². The van der Waals surface area contributed by atoms with Gasteiger partial charge in [-0.1, -0.05) is 60.1 Å². The molecule has 0 atom stereocenters. The summed E-state index contributed by atoms with van der Waals surface area (Å²) in [5, 5.41) is 3.13. The first-order chi connectivity index (χ1) is 8.75. The third-order valence-corrected chi connectivity index (χ3v) is 3.79. The van der Waals surface area contributed by atoms with E-state index in [9.17, 15) is 0 Å². The monoisotopic (exact) mass is 270 g/mol. The lowest BCUT2D eigenvalue weighted by Gasteiger charge is -2.09. The Kier molecular flexibility index (Phi) is 3.02. The Morgan fingerprint density at radius 3 is 2.28 bits per heavy atom. The fourth-order valence-corrected chi connectivity index (χ4v) is 2.65. The summed E-state index contributed by atoms with van der Waals surface area (Å²) in [4.78, 5) is 1.01. The second-order valence-electron chi connectivity index (χ2n) is 4.19. The Morgan fingerprint density at radius 2 is 1.50 bits per heavy atom. The quantitative estimate of drug-likeness (QED) is 0.559. The van der Waals surface area contributed by atoms with Crippen molar-refractivity contribution in [2.45, 2.75) is 4.90 Å². The molecule has 0 radical (unpaired) electrons. The Balaban J connectivity index is 2.24. The van der Waals surface area contributed by atoms with E-state index in [0.29, 0.717) is 0 Å². The number of rotatable bonds is 1. The molecule has 0 saturated carbocycles. The molecule has 0 saturated heterocycles. The second kappa shape index (κ2) is 4.68. The Labute approximate surface area is 117 Å². The molecule has 3 aromatic rings. The molecule has 3 rings (SSSR count). The van der Waals surface area contributed by atoms with Gasteiger partial charge in [0.1, 0.15) is 0 Å². The molecule has 0 amide bonds. The fraction of sp³-hybridized carbons (Fsp3) is 0. The molecule has 0 aliphatic heterocycles. The highest BCUT2D eigenvalue weighted by Gasteiger charge is 2.06. The van der Waals surface area contributed by atoms with Crippen LogP contribution in [0.15, 0.2) is 65.6 Å². The van der Waals surface area contributed by atoms with Crippen molar-refractivity contribution in [1.29, 1.82) is 0 Å². The van der Waals surface area contributed by atoms with Crippen molar-refractivity contribution in [3.8, 4) is 11.1 Å². The number of halogens is 1. The van der Waals surface area contributed by atoms with Gasteiger partial charge < -0.3 is 0 Å². The average Bonchev–Trinajstić information content (AvgIpc) is 2.41. The Bertz CT molecular complexity index is 702. The van der Waals surface area contributed by atoms with Crippen LogP contribution < -0.4 is 0 Å². The summed E-state index contributed by atoms with van der Waals surface area (Å²) in [5.74, 6) is 0. The first-order valence-electron chi connectivity index (χ1n) is 5.72. The molecule has 0 unspecified atom stereocenters. The molecule has 3 aromatic carbocycles. The van der Waals surface area contributed by atoms with Crippen LogP contribution in [-0.2, 0) is 0 Å². The summed E-state index contributed by atoms with van der Waals surface area (Å²) in [7, 11) is 0. The summed E-state index contributed by atoms with van der Waals surface area (Å²) in [6, 6.07) is 20.3. The molecule has 18 heavy (non-hydrogen) atoms. The Hall–Kier alpha value is -1.44. The smallest absolute Gasteiger partial charge is 0.0406 e. The van der Waals surface area contributed by atoms with Crippen LogP contribution in [0.1, 0.15) is 0 Å². The highest BCUT2D eigenvalue weighted by atomic mass is 35.5. The third-order valence-electron chi connectivity index (χ3n) is 3.06. The summed E-state index contributed by atoms with van der Waals surface area (Å²) >= 11 is 10.6. The van der Waals surface area contributed by atoms with Crippen LogP contribution in [0.25, 0.3) is 21.9 Å². The zero-order chi connectivity index (χ0) is 12.5. The number of fused-ring (bicyclic) bond motifs is 1. The van der Waals surface area contributed by atoms with Crippen molar-refractivity contribution < 1.29 is 0 Å². The van der Waals surface area contributed by atoms with Crippen LogP contribution in [0.2, 0.25) is 5.02 Å². The van der Waals surface area contributed by atoms with Crippen LogP contribution in [0.5, 0.6) is 0 Å². The highest BCUT2D eigenvalue weighted by molar-refractivity contribution is 7.80. The maximum atomic E-state index is 5.91. The van der Waals surface area contributed by atoms with E-state index in [2.05, 4.69) is 36.9 Å². The van der Waals surface area contributed by atoms with E-state index < -0.39 is 0 Å². The van der Waals surface area contributed by atoms with Gasteiger partial charge in [-0.2, -0.15) is 0 Å². The van der Waals surface area contributed by atoms with Gasteiger partial charge in [0.15, 0.2) is 0 Å². The lowest BCUT2D eigenvalue weighted by molar-refractivity contribution is 1.52. The van der Waals surface area contributed by atoms with Crippen molar-refractivity contribution in [3.63, 3.8) is 0 Å². The largest absolute Gasteiger partial charge is 0.142 e. The topological polar surface area (TPSA) is 0 Å². The predicted octanol–water partition coefficient (Wildman–Crippen LogP) is 5.45. The van der Waals surface area contributed by atoms with Crippen molar-refractivity contribution >= 4 is 35.0 Å². The molecule has 0 N–H and O–H groups in total. The number of hydrogen-bond acceptors (Lipinski definition) is 1. The molecule has 0 spiro atoms. The normalized spacial score (nSPS) is 10.8. The van der Waals surface area contributed by atoms with Gasteiger partial charge in [-0.25, -0.2) is 0 Å². The molecule has 88 valence electrons. The van der Waals surface area contributed by atoms with E-state index in [0.717, 1.165) is 21.0 Å². The number of hydrogen-bond donors (Lipinski definition) is 1. The molecule has 0 aliphatic carbocycles. The Morgan fingerprint density at radius 1 is 0.778 bits per heavy atom. The minimum Gasteiger partial charge on any atom is -0.142 e. The number of benzene rings is 3. The predicted molar refractivity (Wildman–Crippen MR) is 81.6 cm³/mol. The van der Waals surface area contributed by atoms with Crippen LogP contribution in [-0.4, -0.2) is 0 Å². The summed E-state index contributed by atoms with van der Waals surface area (Å²) < 4.78 is 0. The van der Waals surface area contributed by atoms with Crippen molar-refractivity contribution in [2.75, 3.05) is 0 Å². The minimum atomic E-state index is 0.750. The van der Waals surface area contributed by atoms with Crippen molar-refractivity contribution in [2.24, 2.45) is 0 Å². The molecular weight excluding hydrogens is 260 g/mol. The molecule has 0 aliphatic rings. The zero-order valence-electron chi connectivity index (χ0n) is 9.60. The van der Waals surface area contributed by atoms with Crippen LogP contribution in [0.4, 0.5) is 0 Å². The maximum Gasteiger partial charge on any atom is 0.0406 e. The first kappa shape index (κ1) is 11.6. The lowest BCUT2D eigenvalue weighted by Crippen LogP contribution is -1.82. The van der Waals surface area contributed by atoms with Gasteiger partial charge >= 0.3 is 0 Å². The van der Waals surface area contributed by atoms with Crippen LogP contribution >= 0.6 is 24.2 Å². The highest BCUT2D eigenvalue weighted by Crippen LogP contribution is 2.33.